The summed E-state index contributed by atoms with van der Waals surface area (Å²) in [6, 6.07) is 15.6. The van der Waals surface area contributed by atoms with Crippen molar-refractivity contribution in [1.82, 2.24) is 15.6 Å². The molecule has 0 saturated carbocycles. The van der Waals surface area contributed by atoms with Crippen molar-refractivity contribution in [3.8, 4) is 5.75 Å². The van der Waals surface area contributed by atoms with E-state index in [1.54, 1.807) is 12.1 Å². The number of amidine groups is 1. The third kappa shape index (κ3) is 9.21. The van der Waals surface area contributed by atoms with E-state index < -0.39 is 0 Å². The zero-order chi connectivity index (χ0) is 22.5. The molecule has 31 heavy (non-hydrogen) atoms. The molecular weight excluding hydrogens is 390 g/mol. The fourth-order valence-electron chi connectivity index (χ4n) is 3.31. The fourth-order valence-corrected chi connectivity index (χ4v) is 3.31. The first-order chi connectivity index (χ1) is 15.0. The van der Waals surface area contributed by atoms with Crippen LogP contribution in [0.3, 0.4) is 0 Å². The Bertz CT molecular complexity index is 823. The number of aliphatic hydroxyl groups is 1. The van der Waals surface area contributed by atoms with Crippen molar-refractivity contribution in [1.29, 1.82) is 0 Å². The number of hydrazone groups is 1. The molecule has 7 nitrogen and oxygen atoms in total. The van der Waals surface area contributed by atoms with Crippen LogP contribution in [0.15, 0.2) is 66.3 Å². The molecule has 0 aliphatic carbocycles. The summed E-state index contributed by atoms with van der Waals surface area (Å²) in [7, 11) is 0. The predicted molar refractivity (Wildman–Crippen MR) is 127 cm³/mol. The first-order valence-electron chi connectivity index (χ1n) is 10.6. The van der Waals surface area contributed by atoms with Gasteiger partial charge < -0.3 is 26.7 Å². The molecule has 1 heterocycles. The summed E-state index contributed by atoms with van der Waals surface area (Å²) in [4.78, 5) is 2.41. The highest BCUT2D eigenvalue weighted by molar-refractivity contribution is 5.97. The van der Waals surface area contributed by atoms with Gasteiger partial charge in [-0.3, -0.25) is 4.90 Å². The second kappa shape index (κ2) is 13.4. The molecule has 2 aromatic rings. The van der Waals surface area contributed by atoms with Crippen LogP contribution >= 0.6 is 0 Å². The molecule has 0 spiro atoms. The highest BCUT2D eigenvalue weighted by Gasteiger charge is 2.12. The molecule has 1 aliphatic heterocycles. The third-order valence-corrected chi connectivity index (χ3v) is 4.83. The molecule has 1 aliphatic rings. The van der Waals surface area contributed by atoms with E-state index in [2.05, 4.69) is 34.2 Å². The van der Waals surface area contributed by atoms with E-state index in [0.29, 0.717) is 18.4 Å². The van der Waals surface area contributed by atoms with Crippen LogP contribution in [0.5, 0.6) is 5.75 Å². The number of benzene rings is 2. The molecule has 1 unspecified atom stereocenters. The molecule has 2 aromatic carbocycles. The predicted octanol–water partition coefficient (Wildman–Crippen LogP) is 1.65. The average molecular weight is 426 g/mol. The van der Waals surface area contributed by atoms with Gasteiger partial charge in [-0.05, 0) is 36.6 Å². The molecule has 7 heteroatoms. The van der Waals surface area contributed by atoms with Gasteiger partial charge in [-0.2, -0.15) is 5.10 Å². The number of aromatic hydroxyl groups is 1. The van der Waals surface area contributed by atoms with Crippen LogP contribution in [0.1, 0.15) is 23.6 Å². The average Bonchev–Trinajstić information content (AvgIpc) is 2.75. The van der Waals surface area contributed by atoms with Gasteiger partial charge in [0.1, 0.15) is 5.75 Å². The number of nitrogens with zero attached hydrogens (tertiary/aromatic N) is 2. The summed E-state index contributed by atoms with van der Waals surface area (Å²) >= 11 is 0. The summed E-state index contributed by atoms with van der Waals surface area (Å²) in [6.45, 7) is 10.8. The van der Waals surface area contributed by atoms with Gasteiger partial charge in [0.05, 0.1) is 13.2 Å². The molecule has 1 saturated heterocycles. The van der Waals surface area contributed by atoms with Crippen LogP contribution in [0.25, 0.3) is 0 Å². The van der Waals surface area contributed by atoms with Crippen LogP contribution in [0, 0.1) is 0 Å². The maximum absolute atomic E-state index is 9.45. The summed E-state index contributed by atoms with van der Waals surface area (Å²) in [5.41, 5.74) is 11.5. The maximum Gasteiger partial charge on any atom is 0.150 e. The molecule has 6 N–H and O–H groups in total. The normalized spacial score (nSPS) is 16.8. The Morgan fingerprint density at radius 1 is 1.29 bits per heavy atom. The summed E-state index contributed by atoms with van der Waals surface area (Å²) in [6.07, 6.45) is 2.71. The summed E-state index contributed by atoms with van der Waals surface area (Å²) in [5.74, 6) is 0.655. The van der Waals surface area contributed by atoms with Crippen molar-refractivity contribution >= 4 is 5.84 Å². The minimum atomic E-state index is 0.0135. The topological polar surface area (TPSA) is 106 Å². The number of hydrogen-bond donors (Lipinski definition) is 5. The van der Waals surface area contributed by atoms with Gasteiger partial charge in [-0.25, -0.2) is 0 Å². The van der Waals surface area contributed by atoms with Gasteiger partial charge in [-0.1, -0.05) is 42.5 Å². The summed E-state index contributed by atoms with van der Waals surface area (Å²) < 4.78 is 0. The largest absolute Gasteiger partial charge is 0.508 e. The molecule has 3 rings (SSSR count). The van der Waals surface area contributed by atoms with E-state index in [0.717, 1.165) is 49.3 Å². The lowest BCUT2D eigenvalue weighted by atomic mass is 10.0. The van der Waals surface area contributed by atoms with Crippen LogP contribution in [-0.2, 0) is 6.42 Å². The molecule has 1 atom stereocenters. The number of phenolic OH excluding ortho intramolecular Hbond substituents is 1. The van der Waals surface area contributed by atoms with Crippen molar-refractivity contribution in [3.63, 3.8) is 0 Å². The van der Waals surface area contributed by atoms with Gasteiger partial charge in [0.15, 0.2) is 5.84 Å². The molecule has 0 bridgehead atoms. The molecule has 0 aromatic heterocycles. The molecule has 0 amide bonds. The van der Waals surface area contributed by atoms with E-state index >= 15 is 0 Å². The second-order valence-corrected chi connectivity index (χ2v) is 7.58. The Morgan fingerprint density at radius 2 is 2.06 bits per heavy atom. The van der Waals surface area contributed by atoms with Crippen molar-refractivity contribution in [3.05, 3.63) is 77.9 Å². The monoisotopic (exact) mass is 425 g/mol. The van der Waals surface area contributed by atoms with Crippen LogP contribution < -0.4 is 16.5 Å². The number of nitrogens with two attached hydrogens (primary N) is 1. The highest BCUT2D eigenvalue weighted by atomic mass is 16.3. The van der Waals surface area contributed by atoms with Crippen molar-refractivity contribution in [2.24, 2.45) is 10.8 Å². The molecule has 168 valence electrons. The zero-order valence-electron chi connectivity index (χ0n) is 18.3. The smallest absolute Gasteiger partial charge is 0.150 e. The van der Waals surface area contributed by atoms with Gasteiger partial charge in [-0.15, -0.1) is 6.58 Å². The Balaban J connectivity index is 0.000000285. The Labute approximate surface area is 185 Å². The SMILES string of the molecule is C=CCN1CCNC(C)C1.N/C(=N\NCCO)c1ccc(Cc2cccc(O)c2)cc1. The first kappa shape index (κ1) is 24.4. The minimum absolute atomic E-state index is 0.0135. The van der Waals surface area contributed by atoms with E-state index in [1.165, 1.54) is 0 Å². The van der Waals surface area contributed by atoms with Gasteiger partial charge in [0.2, 0.25) is 0 Å². The number of phenols is 1. The molecule has 1 fully saturated rings. The van der Waals surface area contributed by atoms with Gasteiger partial charge >= 0.3 is 0 Å². The number of nitrogens with one attached hydrogen (secondary N) is 2. The second-order valence-electron chi connectivity index (χ2n) is 7.58. The zero-order valence-corrected chi connectivity index (χ0v) is 18.3. The van der Waals surface area contributed by atoms with Crippen LogP contribution in [-0.4, -0.2) is 66.3 Å². The Morgan fingerprint density at radius 3 is 2.71 bits per heavy atom. The fraction of sp³-hybridized carbons (Fsp3) is 0.375. The first-order valence-corrected chi connectivity index (χ1v) is 10.6. The van der Waals surface area contributed by atoms with Crippen molar-refractivity contribution in [2.45, 2.75) is 19.4 Å². The quantitative estimate of drug-likeness (QED) is 0.145. The third-order valence-electron chi connectivity index (χ3n) is 4.83. The Hall–Kier alpha value is -2.87. The van der Waals surface area contributed by atoms with Crippen molar-refractivity contribution in [2.75, 3.05) is 39.3 Å². The number of rotatable bonds is 8. The van der Waals surface area contributed by atoms with Gasteiger partial charge in [0.25, 0.3) is 0 Å². The highest BCUT2D eigenvalue weighted by Crippen LogP contribution is 2.15. The van der Waals surface area contributed by atoms with Crippen molar-refractivity contribution < 1.29 is 10.2 Å². The number of aliphatic hydroxyl groups excluding tert-OH is 1. The lowest BCUT2D eigenvalue weighted by molar-refractivity contribution is 0.226. The van der Waals surface area contributed by atoms with E-state index in [9.17, 15) is 5.11 Å². The Kier molecular flexibility index (Phi) is 10.6. The molecule has 0 radical (unpaired) electrons. The lowest BCUT2D eigenvalue weighted by Crippen LogP contribution is -2.49. The number of piperazine rings is 1. The van der Waals surface area contributed by atoms with E-state index in [4.69, 9.17) is 10.8 Å². The van der Waals surface area contributed by atoms with E-state index in [-0.39, 0.29) is 12.4 Å². The lowest BCUT2D eigenvalue weighted by Gasteiger charge is -2.30. The minimum Gasteiger partial charge on any atom is -0.508 e. The number of hydrogen-bond acceptors (Lipinski definition) is 6. The van der Waals surface area contributed by atoms with Crippen LogP contribution in [0.4, 0.5) is 0 Å². The standard InChI is InChI=1S/C16H19N3O2.C8H16N2/c17-16(19-18-8-9-20)14-6-4-12(5-7-14)10-13-2-1-3-15(21)11-13;1-3-5-10-6-4-9-8(2)7-10/h1-7,11,18,20-21H,8-10H2,(H2,17,19);3,8-9H,1,4-7H2,2H3. The van der Waals surface area contributed by atoms with Crippen LogP contribution in [0.2, 0.25) is 0 Å². The molecular formula is C24H35N5O2. The van der Waals surface area contributed by atoms with Gasteiger partial charge in [0, 0.05) is 37.8 Å². The summed E-state index contributed by atoms with van der Waals surface area (Å²) in [5, 5.41) is 25.5. The van der Waals surface area contributed by atoms with E-state index in [1.807, 2.05) is 42.5 Å². The maximum atomic E-state index is 9.45.